The fourth-order valence-electron chi connectivity index (χ4n) is 2.94. The van der Waals surface area contributed by atoms with Crippen LogP contribution in [0.25, 0.3) is 10.9 Å². The third-order valence-electron chi connectivity index (χ3n) is 4.12. The number of anilines is 1. The lowest BCUT2D eigenvalue weighted by molar-refractivity contribution is 0.386. The van der Waals surface area contributed by atoms with Crippen LogP contribution in [0.15, 0.2) is 30.6 Å². The van der Waals surface area contributed by atoms with Gasteiger partial charge >= 0.3 is 0 Å². The van der Waals surface area contributed by atoms with Gasteiger partial charge in [0.25, 0.3) is 0 Å². The molecule has 1 aromatic heterocycles. The fourth-order valence-corrected chi connectivity index (χ4v) is 2.94. The summed E-state index contributed by atoms with van der Waals surface area (Å²) in [6.07, 6.45) is 4.17. The SMILES string of the molecule is CCNCC1CCN(c2ncnc3ccccc23)CC1. The van der Waals surface area contributed by atoms with Gasteiger partial charge in [0.1, 0.15) is 12.1 Å². The van der Waals surface area contributed by atoms with Gasteiger partial charge in [-0.2, -0.15) is 0 Å². The highest BCUT2D eigenvalue weighted by atomic mass is 15.2. The molecule has 1 aliphatic heterocycles. The maximum absolute atomic E-state index is 4.52. The summed E-state index contributed by atoms with van der Waals surface area (Å²) in [4.78, 5) is 11.3. The predicted octanol–water partition coefficient (Wildman–Crippen LogP) is 2.46. The third kappa shape index (κ3) is 2.75. The standard InChI is InChI=1S/C16H22N4/c1-2-17-11-13-7-9-20(10-8-13)16-14-5-3-4-6-15(14)18-12-19-16/h3-6,12-13,17H,2,7-11H2,1H3. The molecule has 3 rings (SSSR count). The van der Waals surface area contributed by atoms with E-state index in [0.717, 1.165) is 43.4 Å². The lowest BCUT2D eigenvalue weighted by atomic mass is 9.96. The van der Waals surface area contributed by atoms with Gasteiger partial charge in [-0.3, -0.25) is 0 Å². The number of para-hydroxylation sites is 1. The van der Waals surface area contributed by atoms with E-state index in [1.165, 1.54) is 18.2 Å². The van der Waals surface area contributed by atoms with Crippen LogP contribution in [-0.4, -0.2) is 36.1 Å². The third-order valence-corrected chi connectivity index (χ3v) is 4.12. The number of hydrogen-bond acceptors (Lipinski definition) is 4. The molecule has 4 heteroatoms. The second-order valence-electron chi connectivity index (χ2n) is 5.45. The minimum Gasteiger partial charge on any atom is -0.356 e. The Kier molecular flexibility index (Phi) is 4.11. The lowest BCUT2D eigenvalue weighted by Gasteiger charge is -2.33. The molecule has 0 saturated carbocycles. The van der Waals surface area contributed by atoms with Gasteiger partial charge in [-0.15, -0.1) is 0 Å². The number of nitrogens with zero attached hydrogens (tertiary/aromatic N) is 3. The molecular weight excluding hydrogens is 248 g/mol. The number of rotatable bonds is 4. The topological polar surface area (TPSA) is 41.0 Å². The number of aromatic nitrogens is 2. The zero-order valence-corrected chi connectivity index (χ0v) is 12.0. The fraction of sp³-hybridized carbons (Fsp3) is 0.500. The van der Waals surface area contributed by atoms with Gasteiger partial charge in [-0.05, 0) is 44.0 Å². The summed E-state index contributed by atoms with van der Waals surface area (Å²) in [5.41, 5.74) is 1.03. The average molecular weight is 270 g/mol. The molecule has 1 N–H and O–H groups in total. The van der Waals surface area contributed by atoms with E-state index in [1.54, 1.807) is 6.33 Å². The highest BCUT2D eigenvalue weighted by Gasteiger charge is 2.21. The van der Waals surface area contributed by atoms with Crippen molar-refractivity contribution in [3.8, 4) is 0 Å². The van der Waals surface area contributed by atoms with E-state index in [1.807, 2.05) is 6.07 Å². The molecule has 20 heavy (non-hydrogen) atoms. The summed E-state index contributed by atoms with van der Waals surface area (Å²) in [6, 6.07) is 8.27. The van der Waals surface area contributed by atoms with Gasteiger partial charge in [0.15, 0.2) is 0 Å². The molecule has 2 aromatic rings. The molecule has 0 radical (unpaired) electrons. The first-order valence-electron chi connectivity index (χ1n) is 7.54. The molecule has 1 fully saturated rings. The largest absolute Gasteiger partial charge is 0.356 e. The van der Waals surface area contributed by atoms with Crippen LogP contribution in [0, 0.1) is 5.92 Å². The summed E-state index contributed by atoms with van der Waals surface area (Å²) in [6.45, 7) is 6.57. The molecule has 0 spiro atoms. The van der Waals surface area contributed by atoms with Crippen molar-refractivity contribution in [2.45, 2.75) is 19.8 Å². The molecule has 0 atom stereocenters. The van der Waals surface area contributed by atoms with Crippen molar-refractivity contribution in [3.05, 3.63) is 30.6 Å². The Hall–Kier alpha value is -1.68. The molecule has 4 nitrogen and oxygen atoms in total. The van der Waals surface area contributed by atoms with E-state index in [9.17, 15) is 0 Å². The van der Waals surface area contributed by atoms with Crippen molar-refractivity contribution in [3.63, 3.8) is 0 Å². The summed E-state index contributed by atoms with van der Waals surface area (Å²) in [7, 11) is 0. The van der Waals surface area contributed by atoms with E-state index in [2.05, 4.69) is 45.3 Å². The van der Waals surface area contributed by atoms with Crippen molar-refractivity contribution < 1.29 is 0 Å². The van der Waals surface area contributed by atoms with Crippen LogP contribution in [0.2, 0.25) is 0 Å². The van der Waals surface area contributed by atoms with Crippen LogP contribution in [0.5, 0.6) is 0 Å². The van der Waals surface area contributed by atoms with Crippen molar-refractivity contribution in [2.24, 2.45) is 5.92 Å². The maximum Gasteiger partial charge on any atom is 0.139 e. The zero-order chi connectivity index (χ0) is 13.8. The number of fused-ring (bicyclic) bond motifs is 1. The molecule has 0 bridgehead atoms. The zero-order valence-electron chi connectivity index (χ0n) is 12.0. The lowest BCUT2D eigenvalue weighted by Crippen LogP contribution is -2.37. The quantitative estimate of drug-likeness (QED) is 0.926. The van der Waals surface area contributed by atoms with Gasteiger partial charge < -0.3 is 10.2 Å². The van der Waals surface area contributed by atoms with Gasteiger partial charge in [-0.25, -0.2) is 9.97 Å². The molecule has 2 heterocycles. The summed E-state index contributed by atoms with van der Waals surface area (Å²) < 4.78 is 0. The molecule has 1 saturated heterocycles. The van der Waals surface area contributed by atoms with E-state index >= 15 is 0 Å². The minimum atomic E-state index is 0.805. The number of piperidine rings is 1. The Balaban J connectivity index is 1.74. The van der Waals surface area contributed by atoms with Crippen molar-refractivity contribution in [2.75, 3.05) is 31.1 Å². The molecule has 1 aliphatic rings. The number of hydrogen-bond donors (Lipinski definition) is 1. The first kappa shape index (κ1) is 13.3. The van der Waals surface area contributed by atoms with Crippen LogP contribution in [0.4, 0.5) is 5.82 Å². The first-order chi connectivity index (χ1) is 9.88. The highest BCUT2D eigenvalue weighted by Crippen LogP contribution is 2.26. The van der Waals surface area contributed by atoms with Crippen LogP contribution < -0.4 is 10.2 Å². The Bertz CT molecular complexity index is 556. The number of nitrogens with one attached hydrogen (secondary N) is 1. The first-order valence-corrected chi connectivity index (χ1v) is 7.54. The second-order valence-corrected chi connectivity index (χ2v) is 5.45. The molecule has 0 unspecified atom stereocenters. The van der Waals surface area contributed by atoms with Crippen LogP contribution >= 0.6 is 0 Å². The maximum atomic E-state index is 4.52. The molecule has 1 aromatic carbocycles. The Morgan fingerprint density at radius 2 is 2.00 bits per heavy atom. The summed E-state index contributed by atoms with van der Waals surface area (Å²) in [5.74, 6) is 1.90. The van der Waals surface area contributed by atoms with E-state index in [4.69, 9.17) is 0 Å². The minimum absolute atomic E-state index is 0.805. The normalized spacial score (nSPS) is 16.8. The molecule has 0 amide bonds. The smallest absolute Gasteiger partial charge is 0.139 e. The van der Waals surface area contributed by atoms with Crippen molar-refractivity contribution in [1.82, 2.24) is 15.3 Å². The van der Waals surface area contributed by atoms with Crippen molar-refractivity contribution >= 4 is 16.7 Å². The van der Waals surface area contributed by atoms with Crippen molar-refractivity contribution in [1.29, 1.82) is 0 Å². The van der Waals surface area contributed by atoms with Gasteiger partial charge in [-0.1, -0.05) is 19.1 Å². The Labute approximate surface area is 120 Å². The van der Waals surface area contributed by atoms with E-state index < -0.39 is 0 Å². The highest BCUT2D eigenvalue weighted by molar-refractivity contribution is 5.89. The predicted molar refractivity (Wildman–Crippen MR) is 83.0 cm³/mol. The summed E-state index contributed by atoms with van der Waals surface area (Å²) in [5, 5.41) is 4.62. The van der Waals surface area contributed by atoms with Gasteiger partial charge in [0.2, 0.25) is 0 Å². The monoisotopic (exact) mass is 270 g/mol. The van der Waals surface area contributed by atoms with Gasteiger partial charge in [0, 0.05) is 18.5 Å². The van der Waals surface area contributed by atoms with Crippen LogP contribution in [-0.2, 0) is 0 Å². The second kappa shape index (κ2) is 6.18. The summed E-state index contributed by atoms with van der Waals surface area (Å²) >= 11 is 0. The van der Waals surface area contributed by atoms with Crippen LogP contribution in [0.1, 0.15) is 19.8 Å². The van der Waals surface area contributed by atoms with Crippen LogP contribution in [0.3, 0.4) is 0 Å². The Morgan fingerprint density at radius 3 is 2.80 bits per heavy atom. The Morgan fingerprint density at radius 1 is 1.20 bits per heavy atom. The van der Waals surface area contributed by atoms with E-state index in [-0.39, 0.29) is 0 Å². The average Bonchev–Trinajstić information content (AvgIpc) is 2.53. The number of benzene rings is 1. The molecule has 106 valence electrons. The molecule has 0 aliphatic carbocycles. The molecular formula is C16H22N4. The van der Waals surface area contributed by atoms with E-state index in [0.29, 0.717) is 0 Å². The van der Waals surface area contributed by atoms with Gasteiger partial charge in [0.05, 0.1) is 5.52 Å².